The van der Waals surface area contributed by atoms with Crippen molar-refractivity contribution in [2.24, 2.45) is 7.05 Å². The van der Waals surface area contributed by atoms with Crippen LogP contribution in [0.3, 0.4) is 0 Å². The Morgan fingerprint density at radius 3 is 3.00 bits per heavy atom. The number of piperazine rings is 1. The molecule has 1 fully saturated rings. The fourth-order valence-electron chi connectivity index (χ4n) is 2.05. The van der Waals surface area contributed by atoms with Gasteiger partial charge in [0.05, 0.1) is 6.04 Å². The van der Waals surface area contributed by atoms with E-state index in [0.717, 1.165) is 18.7 Å². The predicted octanol–water partition coefficient (Wildman–Crippen LogP) is -0.971. The first-order valence-electron chi connectivity index (χ1n) is 6.38. The number of nitrogens with zero attached hydrogens (tertiary/aromatic N) is 2. The van der Waals surface area contributed by atoms with E-state index in [1.807, 2.05) is 17.8 Å². The van der Waals surface area contributed by atoms with Crippen LogP contribution in [0, 0.1) is 0 Å². The maximum Gasteiger partial charge on any atom is 0.238 e. The zero-order valence-corrected chi connectivity index (χ0v) is 10.9. The van der Waals surface area contributed by atoms with Crippen molar-refractivity contribution >= 4 is 5.91 Å². The summed E-state index contributed by atoms with van der Waals surface area (Å²) in [4.78, 5) is 11.9. The van der Waals surface area contributed by atoms with E-state index < -0.39 is 0 Å². The molecule has 1 aromatic rings. The summed E-state index contributed by atoms with van der Waals surface area (Å²) < 4.78 is 1.83. The first kappa shape index (κ1) is 13.0. The van der Waals surface area contributed by atoms with Gasteiger partial charge in [-0.05, 0) is 13.0 Å². The van der Waals surface area contributed by atoms with Gasteiger partial charge in [-0.15, -0.1) is 0 Å². The van der Waals surface area contributed by atoms with Crippen LogP contribution in [0.4, 0.5) is 0 Å². The van der Waals surface area contributed by atoms with Crippen molar-refractivity contribution < 1.29 is 4.79 Å². The minimum Gasteiger partial charge on any atom is -0.354 e. The van der Waals surface area contributed by atoms with Gasteiger partial charge in [0.1, 0.15) is 0 Å². The summed E-state index contributed by atoms with van der Waals surface area (Å²) in [5.41, 5.74) is 1.12. The zero-order chi connectivity index (χ0) is 13.0. The van der Waals surface area contributed by atoms with Gasteiger partial charge in [0.2, 0.25) is 5.91 Å². The molecule has 3 N–H and O–H groups in total. The monoisotopic (exact) mass is 251 g/mol. The van der Waals surface area contributed by atoms with Crippen LogP contribution in [0.2, 0.25) is 0 Å². The molecule has 2 heterocycles. The molecule has 1 amide bonds. The van der Waals surface area contributed by atoms with Gasteiger partial charge in [-0.2, -0.15) is 5.10 Å². The van der Waals surface area contributed by atoms with Gasteiger partial charge in [-0.1, -0.05) is 0 Å². The summed E-state index contributed by atoms with van der Waals surface area (Å²) >= 11 is 0. The van der Waals surface area contributed by atoms with Gasteiger partial charge in [-0.3, -0.25) is 9.48 Å². The Labute approximate surface area is 107 Å². The number of carbonyl (C=O) groups excluding carboxylic acids is 1. The van der Waals surface area contributed by atoms with E-state index in [-0.39, 0.29) is 11.9 Å². The summed E-state index contributed by atoms with van der Waals surface area (Å²) in [5, 5.41) is 13.6. The van der Waals surface area contributed by atoms with Crippen LogP contribution in [-0.4, -0.2) is 47.4 Å². The number of amides is 1. The van der Waals surface area contributed by atoms with Gasteiger partial charge in [-0.25, -0.2) is 0 Å². The normalized spacial score (nSPS) is 23.9. The Morgan fingerprint density at radius 1 is 1.56 bits per heavy atom. The molecule has 0 bridgehead atoms. The molecule has 6 nitrogen and oxygen atoms in total. The highest BCUT2D eigenvalue weighted by Gasteiger charge is 2.22. The van der Waals surface area contributed by atoms with Crippen LogP contribution >= 0.6 is 0 Å². The third kappa shape index (κ3) is 3.30. The minimum absolute atomic E-state index is 0.0663. The Balaban J connectivity index is 1.70. The lowest BCUT2D eigenvalue weighted by atomic mass is 10.1. The average Bonchev–Trinajstić information content (AvgIpc) is 2.76. The fourth-order valence-corrected chi connectivity index (χ4v) is 2.05. The topological polar surface area (TPSA) is 71.0 Å². The van der Waals surface area contributed by atoms with E-state index in [2.05, 4.69) is 28.0 Å². The molecule has 2 atom stereocenters. The fraction of sp³-hybridized carbons (Fsp3) is 0.667. The van der Waals surface area contributed by atoms with Gasteiger partial charge in [0.15, 0.2) is 0 Å². The summed E-state index contributed by atoms with van der Waals surface area (Å²) in [5.74, 6) is 0.0663. The Morgan fingerprint density at radius 2 is 2.39 bits per heavy atom. The van der Waals surface area contributed by atoms with Crippen LogP contribution in [0.5, 0.6) is 0 Å². The van der Waals surface area contributed by atoms with Crippen molar-refractivity contribution in [1.82, 2.24) is 25.7 Å². The Bertz CT molecular complexity index is 395. The standard InChI is InChI=1S/C12H21N5O/c1-9-7-15-11(8-14-9)12(18)13-5-3-10-4-6-16-17(10)2/h4,6,9,11,14-15H,3,5,7-8H2,1-2H3,(H,13,18). The van der Waals surface area contributed by atoms with E-state index >= 15 is 0 Å². The summed E-state index contributed by atoms with van der Waals surface area (Å²) in [6.07, 6.45) is 2.57. The molecule has 6 heteroatoms. The highest BCUT2D eigenvalue weighted by molar-refractivity contribution is 5.82. The molecular formula is C12H21N5O. The number of hydrogen-bond acceptors (Lipinski definition) is 4. The summed E-state index contributed by atoms with van der Waals surface area (Å²) in [7, 11) is 1.91. The first-order chi connectivity index (χ1) is 8.66. The molecule has 1 aliphatic rings. The van der Waals surface area contributed by atoms with E-state index in [9.17, 15) is 4.79 Å². The predicted molar refractivity (Wildman–Crippen MR) is 69.2 cm³/mol. The number of hydrogen-bond donors (Lipinski definition) is 3. The van der Waals surface area contributed by atoms with E-state index in [4.69, 9.17) is 0 Å². The highest BCUT2D eigenvalue weighted by Crippen LogP contribution is 1.97. The van der Waals surface area contributed by atoms with Crippen molar-refractivity contribution in [3.05, 3.63) is 18.0 Å². The van der Waals surface area contributed by atoms with E-state index in [0.29, 0.717) is 19.1 Å². The van der Waals surface area contributed by atoms with Crippen molar-refractivity contribution in [3.63, 3.8) is 0 Å². The molecule has 0 spiro atoms. The van der Waals surface area contributed by atoms with Crippen LogP contribution < -0.4 is 16.0 Å². The molecule has 0 aliphatic carbocycles. The van der Waals surface area contributed by atoms with Crippen molar-refractivity contribution in [2.75, 3.05) is 19.6 Å². The smallest absolute Gasteiger partial charge is 0.238 e. The number of rotatable bonds is 4. The molecule has 1 saturated heterocycles. The highest BCUT2D eigenvalue weighted by atomic mass is 16.2. The largest absolute Gasteiger partial charge is 0.354 e. The molecule has 2 rings (SSSR count). The number of nitrogens with one attached hydrogen (secondary N) is 3. The molecule has 100 valence electrons. The van der Waals surface area contributed by atoms with Crippen molar-refractivity contribution in [3.8, 4) is 0 Å². The third-order valence-corrected chi connectivity index (χ3v) is 3.26. The van der Waals surface area contributed by atoms with Crippen LogP contribution in [0.15, 0.2) is 12.3 Å². The second kappa shape index (κ2) is 5.97. The maximum atomic E-state index is 11.9. The molecular weight excluding hydrogens is 230 g/mol. The Kier molecular flexibility index (Phi) is 4.33. The van der Waals surface area contributed by atoms with Crippen LogP contribution in [0.25, 0.3) is 0 Å². The molecule has 1 aromatic heterocycles. The van der Waals surface area contributed by atoms with Crippen molar-refractivity contribution in [2.45, 2.75) is 25.4 Å². The number of aromatic nitrogens is 2. The molecule has 0 radical (unpaired) electrons. The lowest BCUT2D eigenvalue weighted by Gasteiger charge is -2.28. The minimum atomic E-state index is -0.118. The summed E-state index contributed by atoms with van der Waals surface area (Å²) in [6, 6.07) is 2.28. The van der Waals surface area contributed by atoms with E-state index in [1.54, 1.807) is 6.20 Å². The molecule has 2 unspecified atom stereocenters. The molecule has 18 heavy (non-hydrogen) atoms. The average molecular weight is 251 g/mol. The molecule has 0 saturated carbocycles. The second-order valence-corrected chi connectivity index (χ2v) is 4.76. The van der Waals surface area contributed by atoms with Crippen LogP contribution in [0.1, 0.15) is 12.6 Å². The molecule has 0 aromatic carbocycles. The lowest BCUT2D eigenvalue weighted by molar-refractivity contribution is -0.123. The van der Waals surface area contributed by atoms with Gasteiger partial charge >= 0.3 is 0 Å². The summed E-state index contributed by atoms with van der Waals surface area (Å²) in [6.45, 7) is 4.27. The Hall–Kier alpha value is -1.40. The van der Waals surface area contributed by atoms with Gasteiger partial charge in [0.25, 0.3) is 0 Å². The zero-order valence-electron chi connectivity index (χ0n) is 10.9. The lowest BCUT2D eigenvalue weighted by Crippen LogP contribution is -2.59. The quantitative estimate of drug-likeness (QED) is 0.644. The van der Waals surface area contributed by atoms with Crippen molar-refractivity contribution in [1.29, 1.82) is 0 Å². The second-order valence-electron chi connectivity index (χ2n) is 4.76. The van der Waals surface area contributed by atoms with Gasteiger partial charge in [0, 0.05) is 51.0 Å². The van der Waals surface area contributed by atoms with Gasteiger partial charge < -0.3 is 16.0 Å². The third-order valence-electron chi connectivity index (χ3n) is 3.26. The number of carbonyl (C=O) groups is 1. The first-order valence-corrected chi connectivity index (χ1v) is 6.38. The number of aryl methyl sites for hydroxylation is 1. The molecule has 1 aliphatic heterocycles. The SMILES string of the molecule is CC1CNC(C(=O)NCCc2ccnn2C)CN1. The van der Waals surface area contributed by atoms with E-state index in [1.165, 1.54) is 0 Å². The maximum absolute atomic E-state index is 11.9. The van der Waals surface area contributed by atoms with Crippen LogP contribution in [-0.2, 0) is 18.3 Å².